The lowest BCUT2D eigenvalue weighted by molar-refractivity contribution is -0.115. The number of benzene rings is 1. The van der Waals surface area contributed by atoms with E-state index in [0.29, 0.717) is 0 Å². The van der Waals surface area contributed by atoms with E-state index >= 15 is 0 Å². The Kier molecular flexibility index (Phi) is 3.95. The summed E-state index contributed by atoms with van der Waals surface area (Å²) in [5.41, 5.74) is 0.737. The molecule has 0 unspecified atom stereocenters. The molecule has 1 rings (SSSR count). The number of nitrogens with one attached hydrogen (secondary N) is 1. The summed E-state index contributed by atoms with van der Waals surface area (Å²) < 4.78 is 5.03. The van der Waals surface area contributed by atoms with Crippen molar-refractivity contribution in [3.05, 3.63) is 24.3 Å². The van der Waals surface area contributed by atoms with Crippen LogP contribution in [0.2, 0.25) is 0 Å². The Morgan fingerprint density at radius 3 is 2.86 bits per heavy atom. The number of anilines is 1. The molecule has 1 aromatic rings. The van der Waals surface area contributed by atoms with E-state index in [0.717, 1.165) is 11.4 Å². The van der Waals surface area contributed by atoms with Crippen LogP contribution in [0.25, 0.3) is 0 Å². The van der Waals surface area contributed by atoms with Crippen LogP contribution in [0.15, 0.2) is 24.3 Å². The molecule has 0 bridgehead atoms. The maximum absolute atomic E-state index is 11.3. The predicted molar refractivity (Wildman–Crippen MR) is 60.0 cm³/mol. The number of hydrogen-bond donors (Lipinski definition) is 1. The van der Waals surface area contributed by atoms with E-state index in [1.807, 2.05) is 18.2 Å². The lowest BCUT2D eigenvalue weighted by Crippen LogP contribution is -2.19. The number of amides is 1. The molecule has 3 nitrogen and oxygen atoms in total. The first-order valence-corrected chi connectivity index (χ1v) is 5.14. The Hall–Kier alpha value is -1.03. The average molecular weight is 258 g/mol. The molecule has 4 heteroatoms. The van der Waals surface area contributed by atoms with Crippen LogP contribution in [0.5, 0.6) is 5.75 Å². The molecule has 76 valence electrons. The lowest BCUT2D eigenvalue weighted by Gasteiger charge is -2.07. The molecule has 0 saturated heterocycles. The normalized spacial score (nSPS) is 11.9. The topological polar surface area (TPSA) is 38.3 Å². The summed E-state index contributed by atoms with van der Waals surface area (Å²) in [6.45, 7) is 1.77. The largest absolute Gasteiger partial charge is 0.497 e. The fourth-order valence-corrected chi connectivity index (χ4v) is 1.06. The summed E-state index contributed by atoms with van der Waals surface area (Å²) >= 11 is 3.19. The van der Waals surface area contributed by atoms with Gasteiger partial charge in [-0.15, -0.1) is 0 Å². The first kappa shape index (κ1) is 11.0. The van der Waals surface area contributed by atoms with Gasteiger partial charge in [0.15, 0.2) is 0 Å². The highest BCUT2D eigenvalue weighted by Crippen LogP contribution is 2.17. The summed E-state index contributed by atoms with van der Waals surface area (Å²) in [7, 11) is 1.59. The molecule has 0 fully saturated rings. The van der Waals surface area contributed by atoms with E-state index in [1.54, 1.807) is 20.1 Å². The van der Waals surface area contributed by atoms with Crippen molar-refractivity contribution in [3.63, 3.8) is 0 Å². The van der Waals surface area contributed by atoms with E-state index in [1.165, 1.54) is 0 Å². The fraction of sp³-hybridized carbons (Fsp3) is 0.300. The Morgan fingerprint density at radius 2 is 2.29 bits per heavy atom. The molecular weight excluding hydrogens is 246 g/mol. The molecule has 1 amide bonds. The Labute approximate surface area is 91.6 Å². The van der Waals surface area contributed by atoms with Crippen molar-refractivity contribution in [2.75, 3.05) is 12.4 Å². The van der Waals surface area contributed by atoms with E-state index in [-0.39, 0.29) is 10.7 Å². The molecule has 0 aromatic heterocycles. The standard InChI is InChI=1S/C10H12BrNO2/c1-7(11)10(13)12-8-4-3-5-9(6-8)14-2/h3-7H,1-2H3,(H,12,13)/t7-/m1/s1. The van der Waals surface area contributed by atoms with Gasteiger partial charge >= 0.3 is 0 Å². The highest BCUT2D eigenvalue weighted by molar-refractivity contribution is 9.10. The summed E-state index contributed by atoms with van der Waals surface area (Å²) in [5.74, 6) is 0.656. The lowest BCUT2D eigenvalue weighted by atomic mass is 10.3. The molecule has 1 atom stereocenters. The summed E-state index contributed by atoms with van der Waals surface area (Å²) in [6, 6.07) is 7.24. The van der Waals surface area contributed by atoms with Crippen molar-refractivity contribution in [1.82, 2.24) is 0 Å². The zero-order valence-corrected chi connectivity index (χ0v) is 9.67. The van der Waals surface area contributed by atoms with Crippen LogP contribution in [0.3, 0.4) is 0 Å². The van der Waals surface area contributed by atoms with Crippen LogP contribution in [0, 0.1) is 0 Å². The number of carbonyl (C=O) groups excluding carboxylic acids is 1. The van der Waals surface area contributed by atoms with E-state index < -0.39 is 0 Å². The quantitative estimate of drug-likeness (QED) is 0.845. The Morgan fingerprint density at radius 1 is 1.57 bits per heavy atom. The smallest absolute Gasteiger partial charge is 0.237 e. The molecule has 14 heavy (non-hydrogen) atoms. The van der Waals surface area contributed by atoms with Gasteiger partial charge in [-0.05, 0) is 19.1 Å². The highest BCUT2D eigenvalue weighted by atomic mass is 79.9. The summed E-state index contributed by atoms with van der Waals surface area (Å²) in [6.07, 6.45) is 0. The molecular formula is C10H12BrNO2. The number of ether oxygens (including phenoxy) is 1. The van der Waals surface area contributed by atoms with Crippen molar-refractivity contribution < 1.29 is 9.53 Å². The van der Waals surface area contributed by atoms with Crippen LogP contribution in [-0.2, 0) is 4.79 Å². The molecule has 0 aliphatic rings. The van der Waals surface area contributed by atoms with Crippen molar-refractivity contribution in [2.24, 2.45) is 0 Å². The molecule has 1 aromatic carbocycles. The minimum absolute atomic E-state index is 0.0711. The molecule has 0 radical (unpaired) electrons. The van der Waals surface area contributed by atoms with Gasteiger partial charge in [0.05, 0.1) is 11.9 Å². The van der Waals surface area contributed by atoms with Crippen molar-refractivity contribution >= 4 is 27.5 Å². The number of halogens is 1. The van der Waals surface area contributed by atoms with Gasteiger partial charge in [0.2, 0.25) is 5.91 Å². The Bertz CT molecular complexity index is 326. The van der Waals surface area contributed by atoms with Crippen LogP contribution in [0.1, 0.15) is 6.92 Å². The molecule has 1 N–H and O–H groups in total. The van der Waals surface area contributed by atoms with E-state index in [9.17, 15) is 4.79 Å². The van der Waals surface area contributed by atoms with Gasteiger partial charge in [-0.3, -0.25) is 4.79 Å². The second-order valence-electron chi connectivity index (χ2n) is 2.84. The molecule has 0 aliphatic heterocycles. The molecule has 0 saturated carbocycles. The van der Waals surface area contributed by atoms with Crippen LogP contribution in [0.4, 0.5) is 5.69 Å². The average Bonchev–Trinajstić information content (AvgIpc) is 2.18. The monoisotopic (exact) mass is 257 g/mol. The number of rotatable bonds is 3. The highest BCUT2D eigenvalue weighted by Gasteiger charge is 2.08. The minimum atomic E-state index is -0.200. The molecule has 0 aliphatic carbocycles. The van der Waals surface area contributed by atoms with E-state index in [2.05, 4.69) is 21.2 Å². The first-order chi connectivity index (χ1) is 6.63. The van der Waals surface area contributed by atoms with Gasteiger partial charge in [0.1, 0.15) is 5.75 Å². The zero-order valence-electron chi connectivity index (χ0n) is 8.08. The van der Waals surface area contributed by atoms with Gasteiger partial charge < -0.3 is 10.1 Å². The van der Waals surface area contributed by atoms with Gasteiger partial charge in [0, 0.05) is 11.8 Å². The number of carbonyl (C=O) groups is 1. The SMILES string of the molecule is COc1cccc(NC(=O)[C@@H](C)Br)c1. The van der Waals surface area contributed by atoms with Gasteiger partial charge in [-0.25, -0.2) is 0 Å². The van der Waals surface area contributed by atoms with E-state index in [4.69, 9.17) is 4.74 Å². The van der Waals surface area contributed by atoms with Crippen LogP contribution in [-0.4, -0.2) is 17.8 Å². The second-order valence-corrected chi connectivity index (χ2v) is 4.21. The maximum Gasteiger partial charge on any atom is 0.237 e. The Balaban J connectivity index is 2.72. The van der Waals surface area contributed by atoms with Crippen molar-refractivity contribution in [2.45, 2.75) is 11.8 Å². The van der Waals surface area contributed by atoms with Crippen molar-refractivity contribution in [3.8, 4) is 5.75 Å². The minimum Gasteiger partial charge on any atom is -0.497 e. The molecule has 0 spiro atoms. The van der Waals surface area contributed by atoms with Gasteiger partial charge in [-0.1, -0.05) is 22.0 Å². The number of alkyl halides is 1. The maximum atomic E-state index is 11.3. The fourth-order valence-electron chi connectivity index (χ4n) is 0.943. The molecule has 0 heterocycles. The third-order valence-electron chi connectivity index (χ3n) is 1.70. The third kappa shape index (κ3) is 3.03. The van der Waals surface area contributed by atoms with Crippen LogP contribution < -0.4 is 10.1 Å². The van der Waals surface area contributed by atoms with Gasteiger partial charge in [-0.2, -0.15) is 0 Å². The zero-order chi connectivity index (χ0) is 10.6. The summed E-state index contributed by atoms with van der Waals surface area (Å²) in [4.78, 5) is 11.1. The predicted octanol–water partition coefficient (Wildman–Crippen LogP) is 2.42. The number of methoxy groups -OCH3 is 1. The third-order valence-corrected chi connectivity index (χ3v) is 2.11. The van der Waals surface area contributed by atoms with Gasteiger partial charge in [0.25, 0.3) is 0 Å². The summed E-state index contributed by atoms with van der Waals surface area (Å²) in [5, 5.41) is 2.75. The van der Waals surface area contributed by atoms with Crippen molar-refractivity contribution in [1.29, 1.82) is 0 Å². The first-order valence-electron chi connectivity index (χ1n) is 4.22. The number of hydrogen-bond acceptors (Lipinski definition) is 2. The van der Waals surface area contributed by atoms with Crippen LogP contribution >= 0.6 is 15.9 Å². The second kappa shape index (κ2) is 5.00.